The normalized spacial score (nSPS) is 19.8. The number of nitrogens with zero attached hydrogens (tertiary/aromatic N) is 2. The molecule has 0 bridgehead atoms. The Kier molecular flexibility index (Phi) is 4.61. The van der Waals surface area contributed by atoms with Gasteiger partial charge in [0.1, 0.15) is 0 Å². The summed E-state index contributed by atoms with van der Waals surface area (Å²) < 4.78 is 0. The Morgan fingerprint density at radius 2 is 2.29 bits per heavy atom. The van der Waals surface area contributed by atoms with Crippen LogP contribution in [0.2, 0.25) is 5.02 Å². The van der Waals surface area contributed by atoms with Crippen LogP contribution in [0.4, 0.5) is 5.69 Å². The van der Waals surface area contributed by atoms with Gasteiger partial charge >= 0.3 is 0 Å². The Labute approximate surface area is 131 Å². The van der Waals surface area contributed by atoms with E-state index in [2.05, 4.69) is 22.1 Å². The van der Waals surface area contributed by atoms with Gasteiger partial charge in [-0.05, 0) is 49.6 Å². The van der Waals surface area contributed by atoms with Crippen molar-refractivity contribution in [3.8, 4) is 0 Å². The lowest BCUT2D eigenvalue weighted by Crippen LogP contribution is -2.37. The molecule has 0 saturated carbocycles. The van der Waals surface area contributed by atoms with E-state index < -0.39 is 0 Å². The first kappa shape index (κ1) is 14.6. The molecule has 1 unspecified atom stereocenters. The molecule has 1 aliphatic rings. The van der Waals surface area contributed by atoms with Crippen LogP contribution in [-0.2, 0) is 0 Å². The van der Waals surface area contributed by atoms with Crippen LogP contribution < -0.4 is 5.32 Å². The average Bonchev–Trinajstić information content (AvgIpc) is 2.47. The van der Waals surface area contributed by atoms with Gasteiger partial charge in [0, 0.05) is 41.9 Å². The summed E-state index contributed by atoms with van der Waals surface area (Å²) in [7, 11) is 0. The van der Waals surface area contributed by atoms with E-state index >= 15 is 0 Å². The molecule has 2 heterocycles. The van der Waals surface area contributed by atoms with Crippen LogP contribution >= 0.6 is 11.6 Å². The number of fused-ring (bicyclic) bond motifs is 1. The van der Waals surface area contributed by atoms with Crippen LogP contribution in [0.25, 0.3) is 10.9 Å². The third kappa shape index (κ3) is 3.66. The molecule has 3 rings (SSSR count). The Hall–Kier alpha value is -1.32. The van der Waals surface area contributed by atoms with Gasteiger partial charge in [-0.2, -0.15) is 0 Å². The summed E-state index contributed by atoms with van der Waals surface area (Å²) >= 11 is 6.02. The Balaban J connectivity index is 1.63. The maximum absolute atomic E-state index is 6.02. The number of benzene rings is 1. The molecule has 1 saturated heterocycles. The highest BCUT2D eigenvalue weighted by atomic mass is 35.5. The van der Waals surface area contributed by atoms with Crippen molar-refractivity contribution >= 4 is 28.2 Å². The van der Waals surface area contributed by atoms with Gasteiger partial charge < -0.3 is 10.2 Å². The number of halogens is 1. The standard InChI is InChI=1S/C17H22ClN3/c1-13-3-2-9-21(12-13)10-8-20-16-6-7-19-17-11-14(18)4-5-15(16)17/h4-7,11,13H,2-3,8-10,12H2,1H3,(H,19,20). The maximum Gasteiger partial charge on any atom is 0.0737 e. The molecule has 1 N–H and O–H groups in total. The van der Waals surface area contributed by atoms with Crippen molar-refractivity contribution in [1.82, 2.24) is 9.88 Å². The van der Waals surface area contributed by atoms with Gasteiger partial charge in [0.2, 0.25) is 0 Å². The maximum atomic E-state index is 6.02. The van der Waals surface area contributed by atoms with E-state index in [1.54, 1.807) is 0 Å². The van der Waals surface area contributed by atoms with Crippen molar-refractivity contribution in [2.24, 2.45) is 5.92 Å². The minimum atomic E-state index is 0.731. The lowest BCUT2D eigenvalue weighted by molar-refractivity contribution is 0.190. The SMILES string of the molecule is CC1CCCN(CCNc2ccnc3cc(Cl)ccc23)C1. The van der Waals surface area contributed by atoms with E-state index in [4.69, 9.17) is 11.6 Å². The largest absolute Gasteiger partial charge is 0.383 e. The van der Waals surface area contributed by atoms with Gasteiger partial charge in [0.25, 0.3) is 0 Å². The number of hydrogen-bond acceptors (Lipinski definition) is 3. The molecular weight excluding hydrogens is 282 g/mol. The number of piperidine rings is 1. The van der Waals surface area contributed by atoms with Gasteiger partial charge in [-0.25, -0.2) is 0 Å². The first-order valence-corrected chi connectivity index (χ1v) is 8.10. The molecule has 1 aliphatic heterocycles. The second kappa shape index (κ2) is 6.63. The Morgan fingerprint density at radius 3 is 3.14 bits per heavy atom. The molecule has 0 spiro atoms. The highest BCUT2D eigenvalue weighted by Gasteiger charge is 2.15. The topological polar surface area (TPSA) is 28.2 Å². The first-order valence-electron chi connectivity index (χ1n) is 7.73. The van der Waals surface area contributed by atoms with Crippen molar-refractivity contribution in [2.45, 2.75) is 19.8 Å². The summed E-state index contributed by atoms with van der Waals surface area (Å²) in [6.07, 6.45) is 4.54. The molecule has 0 radical (unpaired) electrons. The highest BCUT2D eigenvalue weighted by molar-refractivity contribution is 6.31. The average molecular weight is 304 g/mol. The zero-order chi connectivity index (χ0) is 14.7. The zero-order valence-electron chi connectivity index (χ0n) is 12.5. The van der Waals surface area contributed by atoms with E-state index in [-0.39, 0.29) is 0 Å². The van der Waals surface area contributed by atoms with E-state index in [9.17, 15) is 0 Å². The summed E-state index contributed by atoms with van der Waals surface area (Å²) in [6.45, 7) is 6.88. The summed E-state index contributed by atoms with van der Waals surface area (Å²) in [5.41, 5.74) is 2.08. The molecule has 1 aromatic heterocycles. The van der Waals surface area contributed by atoms with E-state index in [0.29, 0.717) is 0 Å². The highest BCUT2D eigenvalue weighted by Crippen LogP contribution is 2.24. The molecule has 4 heteroatoms. The predicted octanol–water partition coefficient (Wildman–Crippen LogP) is 4.03. The minimum Gasteiger partial charge on any atom is -0.383 e. The Morgan fingerprint density at radius 1 is 1.38 bits per heavy atom. The van der Waals surface area contributed by atoms with E-state index in [1.807, 2.05) is 30.5 Å². The molecule has 0 amide bonds. The summed E-state index contributed by atoms with van der Waals surface area (Å²) in [4.78, 5) is 6.93. The van der Waals surface area contributed by atoms with E-state index in [1.165, 1.54) is 25.9 Å². The number of pyridine rings is 1. The van der Waals surface area contributed by atoms with Crippen molar-refractivity contribution in [1.29, 1.82) is 0 Å². The lowest BCUT2D eigenvalue weighted by Gasteiger charge is -2.30. The quantitative estimate of drug-likeness (QED) is 0.924. The van der Waals surface area contributed by atoms with Crippen LogP contribution in [0.1, 0.15) is 19.8 Å². The number of hydrogen-bond donors (Lipinski definition) is 1. The summed E-state index contributed by atoms with van der Waals surface area (Å²) in [5, 5.41) is 5.41. The smallest absolute Gasteiger partial charge is 0.0737 e. The monoisotopic (exact) mass is 303 g/mol. The predicted molar refractivity (Wildman–Crippen MR) is 90.1 cm³/mol. The number of anilines is 1. The summed E-state index contributed by atoms with van der Waals surface area (Å²) in [6, 6.07) is 7.91. The van der Waals surface area contributed by atoms with Gasteiger partial charge in [0.05, 0.1) is 5.52 Å². The molecule has 2 aromatic rings. The molecular formula is C17H22ClN3. The second-order valence-electron chi connectivity index (χ2n) is 5.99. The molecule has 0 aliphatic carbocycles. The second-order valence-corrected chi connectivity index (χ2v) is 6.43. The van der Waals surface area contributed by atoms with Crippen LogP contribution in [0.15, 0.2) is 30.5 Å². The molecule has 1 aromatic carbocycles. The molecule has 1 atom stereocenters. The van der Waals surface area contributed by atoms with Gasteiger partial charge in [0.15, 0.2) is 0 Å². The van der Waals surface area contributed by atoms with Crippen LogP contribution in [0.5, 0.6) is 0 Å². The number of aromatic nitrogens is 1. The molecule has 3 nitrogen and oxygen atoms in total. The molecule has 1 fully saturated rings. The van der Waals surface area contributed by atoms with Gasteiger partial charge in [-0.1, -0.05) is 18.5 Å². The number of likely N-dealkylation sites (tertiary alicyclic amines) is 1. The van der Waals surface area contributed by atoms with Gasteiger partial charge in [-0.15, -0.1) is 0 Å². The van der Waals surface area contributed by atoms with Crippen molar-refractivity contribution in [3.05, 3.63) is 35.5 Å². The lowest BCUT2D eigenvalue weighted by atomic mass is 10.0. The zero-order valence-corrected chi connectivity index (χ0v) is 13.2. The molecule has 21 heavy (non-hydrogen) atoms. The van der Waals surface area contributed by atoms with Crippen LogP contribution in [-0.4, -0.2) is 36.1 Å². The number of nitrogens with one attached hydrogen (secondary N) is 1. The van der Waals surface area contributed by atoms with Gasteiger partial charge in [-0.3, -0.25) is 4.98 Å². The number of rotatable bonds is 4. The van der Waals surface area contributed by atoms with Crippen molar-refractivity contribution in [2.75, 3.05) is 31.5 Å². The fourth-order valence-electron chi connectivity index (χ4n) is 3.11. The van der Waals surface area contributed by atoms with E-state index in [0.717, 1.165) is 40.6 Å². The fraction of sp³-hybridized carbons (Fsp3) is 0.471. The minimum absolute atomic E-state index is 0.731. The van der Waals surface area contributed by atoms with Crippen molar-refractivity contribution in [3.63, 3.8) is 0 Å². The fourth-order valence-corrected chi connectivity index (χ4v) is 3.28. The molecule has 112 valence electrons. The summed E-state index contributed by atoms with van der Waals surface area (Å²) in [5.74, 6) is 0.836. The van der Waals surface area contributed by atoms with Crippen molar-refractivity contribution < 1.29 is 0 Å². The first-order chi connectivity index (χ1) is 10.2. The van der Waals surface area contributed by atoms with Crippen LogP contribution in [0.3, 0.4) is 0 Å². The van der Waals surface area contributed by atoms with Crippen LogP contribution in [0, 0.1) is 5.92 Å². The Bertz CT molecular complexity index is 614. The third-order valence-electron chi connectivity index (χ3n) is 4.19. The third-order valence-corrected chi connectivity index (χ3v) is 4.42.